The molecule has 136 valence electrons. The summed E-state index contributed by atoms with van der Waals surface area (Å²) in [5, 5.41) is 12.2. The second-order valence-corrected chi connectivity index (χ2v) is 6.72. The molecular formula is C18H18ClN3O3S. The molecule has 0 aliphatic carbocycles. The molecule has 1 amide bonds. The molecule has 6 nitrogen and oxygen atoms in total. The fourth-order valence-corrected chi connectivity index (χ4v) is 3.41. The number of benzene rings is 1. The van der Waals surface area contributed by atoms with Crippen LogP contribution in [0.1, 0.15) is 23.0 Å². The molecule has 0 fully saturated rings. The highest BCUT2D eigenvalue weighted by atomic mass is 35.5. The van der Waals surface area contributed by atoms with Gasteiger partial charge in [0.05, 0.1) is 29.3 Å². The normalized spacial score (nSPS) is 10.6. The summed E-state index contributed by atoms with van der Waals surface area (Å²) >= 11 is 7.83. The number of nitrogens with zero attached hydrogens (tertiary/aromatic N) is 1. The van der Waals surface area contributed by atoms with Crippen LogP contribution in [-0.4, -0.2) is 29.8 Å². The number of ether oxygens (including phenoxy) is 2. The fourth-order valence-electron chi connectivity index (χ4n) is 2.43. The van der Waals surface area contributed by atoms with E-state index < -0.39 is 0 Å². The molecule has 0 saturated carbocycles. The molecule has 2 aromatic heterocycles. The molecule has 0 unspecified atom stereocenters. The van der Waals surface area contributed by atoms with E-state index in [4.69, 9.17) is 21.1 Å². The number of aromatic amines is 1. The number of halogens is 1. The number of carbonyl (C=O) groups excluding carboxylic acids is 1. The number of H-pyrrole nitrogens is 1. The van der Waals surface area contributed by atoms with Crippen molar-refractivity contribution in [3.63, 3.8) is 0 Å². The third-order valence-corrected chi connectivity index (χ3v) is 4.81. The van der Waals surface area contributed by atoms with Gasteiger partial charge in [0.25, 0.3) is 5.91 Å². The summed E-state index contributed by atoms with van der Waals surface area (Å²) in [4.78, 5) is 13.4. The van der Waals surface area contributed by atoms with Crippen LogP contribution in [0.15, 0.2) is 35.7 Å². The molecule has 26 heavy (non-hydrogen) atoms. The first-order valence-electron chi connectivity index (χ1n) is 7.99. The van der Waals surface area contributed by atoms with Crippen LogP contribution in [0.3, 0.4) is 0 Å². The van der Waals surface area contributed by atoms with E-state index in [0.717, 1.165) is 16.1 Å². The zero-order chi connectivity index (χ0) is 18.5. The number of aromatic nitrogens is 2. The van der Waals surface area contributed by atoms with E-state index in [1.54, 1.807) is 36.6 Å². The lowest BCUT2D eigenvalue weighted by Gasteiger charge is -2.13. The number of thiophene rings is 1. The Balaban J connectivity index is 1.69. The van der Waals surface area contributed by atoms with E-state index in [1.807, 2.05) is 24.4 Å². The van der Waals surface area contributed by atoms with Gasteiger partial charge in [0, 0.05) is 6.54 Å². The Labute approximate surface area is 160 Å². The molecule has 3 aromatic rings. The van der Waals surface area contributed by atoms with Gasteiger partial charge in [-0.05, 0) is 42.1 Å². The fraction of sp³-hybridized carbons (Fsp3) is 0.222. The minimum absolute atomic E-state index is 0.270. The smallest absolute Gasteiger partial charge is 0.272 e. The van der Waals surface area contributed by atoms with Crippen LogP contribution in [0.25, 0.3) is 10.6 Å². The molecule has 2 heterocycles. The second kappa shape index (κ2) is 8.25. The number of amides is 1. The minimum atomic E-state index is -0.270. The Morgan fingerprint density at radius 3 is 2.92 bits per heavy atom. The number of nitrogens with one attached hydrogen (secondary N) is 2. The lowest BCUT2D eigenvalue weighted by atomic mass is 10.2. The van der Waals surface area contributed by atoms with Gasteiger partial charge >= 0.3 is 0 Å². The molecule has 8 heteroatoms. The van der Waals surface area contributed by atoms with Gasteiger partial charge in [0.1, 0.15) is 0 Å². The Kier molecular flexibility index (Phi) is 5.80. The lowest BCUT2D eigenvalue weighted by molar-refractivity contribution is 0.0946. The topological polar surface area (TPSA) is 76.2 Å². The molecular weight excluding hydrogens is 374 g/mol. The summed E-state index contributed by atoms with van der Waals surface area (Å²) in [6.45, 7) is 2.65. The van der Waals surface area contributed by atoms with E-state index in [2.05, 4.69) is 15.5 Å². The van der Waals surface area contributed by atoms with Crippen molar-refractivity contribution in [2.45, 2.75) is 13.5 Å². The predicted molar refractivity (Wildman–Crippen MR) is 102 cm³/mol. The maximum absolute atomic E-state index is 12.3. The third-order valence-electron chi connectivity index (χ3n) is 3.63. The van der Waals surface area contributed by atoms with Gasteiger partial charge in [-0.15, -0.1) is 11.3 Å². The third kappa shape index (κ3) is 4.00. The van der Waals surface area contributed by atoms with Crippen molar-refractivity contribution in [2.75, 3.05) is 13.7 Å². The van der Waals surface area contributed by atoms with Crippen molar-refractivity contribution >= 4 is 28.8 Å². The summed E-state index contributed by atoms with van der Waals surface area (Å²) in [6, 6.07) is 9.18. The van der Waals surface area contributed by atoms with Gasteiger partial charge < -0.3 is 14.8 Å². The van der Waals surface area contributed by atoms with Crippen molar-refractivity contribution < 1.29 is 14.3 Å². The highest BCUT2D eigenvalue weighted by Crippen LogP contribution is 2.36. The summed E-state index contributed by atoms with van der Waals surface area (Å²) in [5.74, 6) is 0.760. The van der Waals surface area contributed by atoms with Gasteiger partial charge in [0.15, 0.2) is 17.2 Å². The summed E-state index contributed by atoms with van der Waals surface area (Å²) in [6.07, 6.45) is 0. The van der Waals surface area contributed by atoms with Gasteiger partial charge in [0.2, 0.25) is 0 Å². The average Bonchev–Trinajstić information content (AvgIpc) is 3.32. The van der Waals surface area contributed by atoms with E-state index in [0.29, 0.717) is 35.4 Å². The number of hydrogen-bond donors (Lipinski definition) is 2. The van der Waals surface area contributed by atoms with Crippen molar-refractivity contribution in [3.05, 3.63) is 52.0 Å². The SMILES string of the molecule is CCOc1c(Cl)cc(CNC(=O)c2cc(-c3cccs3)[nH]n2)cc1OC. The van der Waals surface area contributed by atoms with Gasteiger partial charge in [-0.2, -0.15) is 5.10 Å². The molecule has 1 aromatic carbocycles. The van der Waals surface area contributed by atoms with Gasteiger partial charge in [-0.3, -0.25) is 9.89 Å². The molecule has 0 spiro atoms. The van der Waals surface area contributed by atoms with E-state index >= 15 is 0 Å². The number of methoxy groups -OCH3 is 1. The Morgan fingerprint density at radius 1 is 1.38 bits per heavy atom. The highest BCUT2D eigenvalue weighted by molar-refractivity contribution is 7.13. The van der Waals surface area contributed by atoms with Crippen LogP contribution in [0.5, 0.6) is 11.5 Å². The summed E-state index contributed by atoms with van der Waals surface area (Å²) in [5.41, 5.74) is 1.95. The summed E-state index contributed by atoms with van der Waals surface area (Å²) in [7, 11) is 1.55. The average molecular weight is 392 g/mol. The quantitative estimate of drug-likeness (QED) is 0.635. The van der Waals surface area contributed by atoms with Crippen LogP contribution in [-0.2, 0) is 6.54 Å². The number of rotatable bonds is 7. The molecule has 0 bridgehead atoms. The lowest BCUT2D eigenvalue weighted by Crippen LogP contribution is -2.23. The molecule has 0 aliphatic heterocycles. The van der Waals surface area contributed by atoms with E-state index in [9.17, 15) is 4.79 Å². The van der Waals surface area contributed by atoms with E-state index in [1.165, 1.54) is 0 Å². The first kappa shape index (κ1) is 18.3. The van der Waals surface area contributed by atoms with Crippen LogP contribution < -0.4 is 14.8 Å². The first-order chi connectivity index (χ1) is 12.6. The van der Waals surface area contributed by atoms with Crippen LogP contribution in [0.2, 0.25) is 5.02 Å². The molecule has 2 N–H and O–H groups in total. The zero-order valence-electron chi connectivity index (χ0n) is 14.3. The molecule has 0 saturated heterocycles. The summed E-state index contributed by atoms with van der Waals surface area (Å²) < 4.78 is 10.8. The van der Waals surface area contributed by atoms with Gasteiger partial charge in [-0.25, -0.2) is 0 Å². The minimum Gasteiger partial charge on any atom is -0.493 e. The van der Waals surface area contributed by atoms with E-state index in [-0.39, 0.29) is 5.91 Å². The van der Waals surface area contributed by atoms with Crippen molar-refractivity contribution in [3.8, 4) is 22.1 Å². The predicted octanol–water partition coefficient (Wildman–Crippen LogP) is 4.13. The standard InChI is InChI=1S/C18H18ClN3O3S/c1-3-25-17-12(19)7-11(8-15(17)24-2)10-20-18(23)14-9-13(21-22-14)16-5-4-6-26-16/h4-9H,3,10H2,1-2H3,(H,20,23)(H,21,22). The molecule has 0 atom stereocenters. The van der Waals surface area contributed by atoms with Crippen LogP contribution in [0.4, 0.5) is 0 Å². The van der Waals surface area contributed by atoms with Crippen LogP contribution >= 0.6 is 22.9 Å². The van der Waals surface area contributed by atoms with Crippen molar-refractivity contribution in [2.24, 2.45) is 0 Å². The Morgan fingerprint density at radius 2 is 2.23 bits per heavy atom. The Hall–Kier alpha value is -2.51. The maximum atomic E-state index is 12.3. The number of hydrogen-bond acceptors (Lipinski definition) is 5. The highest BCUT2D eigenvalue weighted by Gasteiger charge is 2.14. The van der Waals surface area contributed by atoms with Crippen molar-refractivity contribution in [1.82, 2.24) is 15.5 Å². The van der Waals surface area contributed by atoms with Gasteiger partial charge in [-0.1, -0.05) is 17.7 Å². The zero-order valence-corrected chi connectivity index (χ0v) is 15.9. The number of carbonyl (C=O) groups is 1. The molecule has 0 aliphatic rings. The first-order valence-corrected chi connectivity index (χ1v) is 9.24. The maximum Gasteiger partial charge on any atom is 0.272 e. The molecule has 0 radical (unpaired) electrons. The van der Waals surface area contributed by atoms with Crippen molar-refractivity contribution in [1.29, 1.82) is 0 Å². The molecule has 3 rings (SSSR count). The largest absolute Gasteiger partial charge is 0.493 e. The second-order valence-electron chi connectivity index (χ2n) is 5.37. The monoisotopic (exact) mass is 391 g/mol. The Bertz CT molecular complexity index is 893. The van der Waals surface area contributed by atoms with Crippen LogP contribution in [0, 0.1) is 0 Å².